The van der Waals surface area contributed by atoms with Gasteiger partial charge >= 0.3 is 5.97 Å². The smallest absolute Gasteiger partial charge is 0.355 e. The minimum absolute atomic E-state index is 0.354. The van der Waals surface area contributed by atoms with Crippen molar-refractivity contribution in [2.45, 2.75) is 6.92 Å². The van der Waals surface area contributed by atoms with Gasteiger partial charge in [0.25, 0.3) is 0 Å². The number of hydrogen-bond donors (Lipinski definition) is 0. The van der Waals surface area contributed by atoms with Gasteiger partial charge in [-0.05, 0) is 18.6 Å². The first kappa shape index (κ1) is 8.74. The molecule has 0 amide bonds. The molecule has 0 aliphatic rings. The van der Waals surface area contributed by atoms with Crippen molar-refractivity contribution in [3.05, 3.63) is 35.8 Å². The molecule has 4 heteroatoms. The maximum Gasteiger partial charge on any atom is 0.355 e. The fourth-order valence-corrected chi connectivity index (χ4v) is 1.42. The van der Waals surface area contributed by atoms with Gasteiger partial charge in [0.05, 0.1) is 7.11 Å². The molecule has 0 saturated heterocycles. The second kappa shape index (κ2) is 3.14. The highest BCUT2D eigenvalue weighted by Crippen LogP contribution is 2.11. The van der Waals surface area contributed by atoms with Gasteiger partial charge in [0.2, 0.25) is 0 Å². The number of methoxy groups -OCH3 is 1. The van der Waals surface area contributed by atoms with Gasteiger partial charge in [-0.15, -0.1) is 0 Å². The molecule has 0 aromatic carbocycles. The molecular weight excluding hydrogens is 180 g/mol. The fraction of sp³-hybridized carbons (Fsp3) is 0.200. The maximum atomic E-state index is 11.4. The molecule has 0 aliphatic heterocycles. The summed E-state index contributed by atoms with van der Waals surface area (Å²) in [6, 6.07) is 3.59. The minimum Gasteiger partial charge on any atom is -0.464 e. The Hall–Kier alpha value is -1.84. The van der Waals surface area contributed by atoms with Gasteiger partial charge < -0.3 is 4.74 Å². The van der Waals surface area contributed by atoms with E-state index < -0.39 is 0 Å². The van der Waals surface area contributed by atoms with Crippen LogP contribution in [0.4, 0.5) is 0 Å². The lowest BCUT2D eigenvalue weighted by atomic mass is 10.2. The average molecular weight is 190 g/mol. The number of carbonyl (C=O) groups is 1. The van der Waals surface area contributed by atoms with Crippen molar-refractivity contribution in [3.63, 3.8) is 0 Å². The fourth-order valence-electron chi connectivity index (χ4n) is 1.42. The number of aryl methyl sites for hydroxylation is 1. The summed E-state index contributed by atoms with van der Waals surface area (Å²) in [5.74, 6) is -0.354. The van der Waals surface area contributed by atoms with Crippen LogP contribution in [0.5, 0.6) is 0 Å². The summed E-state index contributed by atoms with van der Waals surface area (Å²) in [6.45, 7) is 1.95. The molecule has 2 aromatic heterocycles. The van der Waals surface area contributed by atoms with Crippen molar-refractivity contribution in [2.24, 2.45) is 0 Å². The Morgan fingerprint density at radius 2 is 2.29 bits per heavy atom. The van der Waals surface area contributed by atoms with Crippen molar-refractivity contribution < 1.29 is 9.53 Å². The second-order valence-corrected chi connectivity index (χ2v) is 3.01. The van der Waals surface area contributed by atoms with Crippen molar-refractivity contribution in [1.82, 2.24) is 9.38 Å². The van der Waals surface area contributed by atoms with E-state index in [0.717, 1.165) is 11.2 Å². The molecule has 2 heterocycles. The summed E-state index contributed by atoms with van der Waals surface area (Å²) in [6.07, 6.45) is 3.41. The first-order chi connectivity index (χ1) is 6.74. The largest absolute Gasteiger partial charge is 0.464 e. The van der Waals surface area contributed by atoms with E-state index >= 15 is 0 Å². The van der Waals surface area contributed by atoms with E-state index in [9.17, 15) is 4.79 Å². The van der Waals surface area contributed by atoms with Crippen LogP contribution in [-0.4, -0.2) is 22.5 Å². The van der Waals surface area contributed by atoms with E-state index in [2.05, 4.69) is 9.72 Å². The van der Waals surface area contributed by atoms with Gasteiger partial charge in [0.15, 0.2) is 0 Å². The van der Waals surface area contributed by atoms with Gasteiger partial charge in [0.1, 0.15) is 11.3 Å². The lowest BCUT2D eigenvalue weighted by molar-refractivity contribution is 0.0592. The highest BCUT2D eigenvalue weighted by molar-refractivity contribution is 5.88. The summed E-state index contributed by atoms with van der Waals surface area (Å²) in [7, 11) is 1.37. The predicted molar refractivity (Wildman–Crippen MR) is 51.3 cm³/mol. The third kappa shape index (κ3) is 1.16. The molecule has 0 fully saturated rings. The summed E-state index contributed by atoms with van der Waals surface area (Å²) < 4.78 is 6.39. The van der Waals surface area contributed by atoms with Crippen molar-refractivity contribution in [3.8, 4) is 0 Å². The summed E-state index contributed by atoms with van der Waals surface area (Å²) in [5.41, 5.74) is 2.31. The van der Waals surface area contributed by atoms with Gasteiger partial charge in [-0.3, -0.25) is 4.40 Å². The zero-order valence-electron chi connectivity index (χ0n) is 8.02. The monoisotopic (exact) mass is 190 g/mol. The molecule has 0 unspecified atom stereocenters. The Balaban J connectivity index is 2.72. The van der Waals surface area contributed by atoms with Crippen LogP contribution in [0.15, 0.2) is 24.5 Å². The first-order valence-electron chi connectivity index (χ1n) is 4.25. The van der Waals surface area contributed by atoms with Crippen LogP contribution in [0.1, 0.15) is 16.1 Å². The molecular formula is C10H10N2O2. The second-order valence-electron chi connectivity index (χ2n) is 3.01. The Kier molecular flexibility index (Phi) is 1.96. The zero-order valence-corrected chi connectivity index (χ0v) is 8.02. The highest BCUT2D eigenvalue weighted by atomic mass is 16.5. The Morgan fingerprint density at radius 3 is 3.00 bits per heavy atom. The highest BCUT2D eigenvalue weighted by Gasteiger charge is 2.10. The van der Waals surface area contributed by atoms with E-state index in [1.165, 1.54) is 7.11 Å². The minimum atomic E-state index is -0.354. The number of imidazole rings is 1. The van der Waals surface area contributed by atoms with Gasteiger partial charge in [-0.1, -0.05) is 6.07 Å². The number of esters is 1. The van der Waals surface area contributed by atoms with Crippen LogP contribution in [0.3, 0.4) is 0 Å². The molecule has 2 aromatic rings. The van der Waals surface area contributed by atoms with Crippen molar-refractivity contribution >= 4 is 11.6 Å². The molecule has 0 aliphatic carbocycles. The predicted octanol–water partition coefficient (Wildman–Crippen LogP) is 1.43. The molecule has 0 spiro atoms. The molecule has 14 heavy (non-hydrogen) atoms. The van der Waals surface area contributed by atoms with Crippen LogP contribution in [0.2, 0.25) is 0 Å². The number of carbonyl (C=O) groups excluding carboxylic acids is 1. The SMILES string of the molecule is COC(=O)c1ccc(C)c2nccn12. The topological polar surface area (TPSA) is 43.6 Å². The number of aromatic nitrogens is 2. The molecule has 0 bridgehead atoms. The maximum absolute atomic E-state index is 11.4. The van der Waals surface area contributed by atoms with Crippen LogP contribution >= 0.6 is 0 Å². The Morgan fingerprint density at radius 1 is 1.50 bits per heavy atom. The van der Waals surface area contributed by atoms with Crippen molar-refractivity contribution in [2.75, 3.05) is 7.11 Å². The van der Waals surface area contributed by atoms with E-state index in [-0.39, 0.29) is 5.97 Å². The normalized spacial score (nSPS) is 10.4. The quantitative estimate of drug-likeness (QED) is 0.639. The van der Waals surface area contributed by atoms with E-state index in [1.807, 2.05) is 13.0 Å². The molecule has 72 valence electrons. The van der Waals surface area contributed by atoms with Crippen molar-refractivity contribution in [1.29, 1.82) is 0 Å². The number of fused-ring (bicyclic) bond motifs is 1. The molecule has 0 saturated carbocycles. The zero-order chi connectivity index (χ0) is 10.1. The number of ether oxygens (including phenoxy) is 1. The number of pyridine rings is 1. The van der Waals surface area contributed by atoms with E-state index in [1.54, 1.807) is 22.9 Å². The summed E-state index contributed by atoms with van der Waals surface area (Å²) in [5, 5.41) is 0. The Labute approximate surface area is 81.1 Å². The first-order valence-corrected chi connectivity index (χ1v) is 4.25. The molecule has 0 N–H and O–H groups in total. The van der Waals surface area contributed by atoms with Crippen LogP contribution in [0, 0.1) is 6.92 Å². The van der Waals surface area contributed by atoms with Crippen LogP contribution in [0.25, 0.3) is 5.65 Å². The van der Waals surface area contributed by atoms with Gasteiger partial charge in [-0.2, -0.15) is 0 Å². The number of nitrogens with zero attached hydrogens (tertiary/aromatic N) is 2. The molecule has 0 radical (unpaired) electrons. The third-order valence-electron chi connectivity index (χ3n) is 2.14. The summed E-state index contributed by atoms with van der Waals surface area (Å²) in [4.78, 5) is 15.5. The van der Waals surface area contributed by atoms with Gasteiger partial charge in [0, 0.05) is 12.4 Å². The van der Waals surface area contributed by atoms with Crippen LogP contribution in [-0.2, 0) is 4.74 Å². The molecule has 0 atom stereocenters. The average Bonchev–Trinajstić information content (AvgIpc) is 2.67. The lowest BCUT2D eigenvalue weighted by Crippen LogP contribution is -2.07. The van der Waals surface area contributed by atoms with Gasteiger partial charge in [-0.25, -0.2) is 9.78 Å². The van der Waals surface area contributed by atoms with Crippen LogP contribution < -0.4 is 0 Å². The number of rotatable bonds is 1. The standard InChI is InChI=1S/C10H10N2O2/c1-7-3-4-8(10(13)14-2)12-6-5-11-9(7)12/h3-6H,1-2H3. The summed E-state index contributed by atoms with van der Waals surface area (Å²) >= 11 is 0. The molecule has 2 rings (SSSR count). The van der Waals surface area contributed by atoms with E-state index in [4.69, 9.17) is 0 Å². The third-order valence-corrected chi connectivity index (χ3v) is 2.14. The van der Waals surface area contributed by atoms with E-state index in [0.29, 0.717) is 5.69 Å². The number of hydrogen-bond acceptors (Lipinski definition) is 3. The molecule has 4 nitrogen and oxygen atoms in total. The Bertz CT molecular complexity index is 488. The lowest BCUT2D eigenvalue weighted by Gasteiger charge is -2.04.